The largest absolute Gasteiger partial charge is 0.481 e. The maximum absolute atomic E-state index is 15.2. The van der Waals surface area contributed by atoms with Gasteiger partial charge in [-0.25, -0.2) is 18.5 Å². The van der Waals surface area contributed by atoms with E-state index in [0.29, 0.717) is 11.3 Å². The number of nitrogens with two attached hydrogens (primary N) is 1. The molecule has 0 amide bonds. The number of rotatable bonds is 7. The van der Waals surface area contributed by atoms with E-state index in [9.17, 15) is 19.1 Å². The molecule has 2 aromatic heterocycles. The number of nitrogens with zero attached hydrogens (tertiary/aromatic N) is 5. The maximum Gasteiger partial charge on any atom is 0.481 e. The molecule has 3 aliphatic rings. The van der Waals surface area contributed by atoms with Crippen LogP contribution in [0.1, 0.15) is 19.1 Å². The van der Waals surface area contributed by atoms with Gasteiger partial charge in [0, 0.05) is 13.1 Å². The fraction of sp³-hybridized carbons (Fsp3) is 0.643. The van der Waals surface area contributed by atoms with Crippen LogP contribution in [0.3, 0.4) is 0 Å². The second kappa shape index (κ2) is 6.88. The van der Waals surface area contributed by atoms with Gasteiger partial charge >= 0.3 is 15.6 Å². The smallest absolute Gasteiger partial charge is 0.381 e. The van der Waals surface area contributed by atoms with Gasteiger partial charge in [-0.2, -0.15) is 14.3 Å². The highest BCUT2D eigenvalue weighted by atomic mass is 31.3. The molecule has 3 fully saturated rings. The van der Waals surface area contributed by atoms with Gasteiger partial charge in [-0.1, -0.05) is 0 Å². The minimum absolute atomic E-state index is 0.0731. The lowest BCUT2D eigenvalue weighted by atomic mass is 10.2. The van der Waals surface area contributed by atoms with Gasteiger partial charge in [0.2, 0.25) is 5.95 Å². The molecule has 1 aliphatic heterocycles. The summed E-state index contributed by atoms with van der Waals surface area (Å²) in [6.45, 7) is 0. The Kier molecular flexibility index (Phi) is 4.75. The molecule has 1 saturated heterocycles. The highest BCUT2D eigenvalue weighted by molar-refractivity contribution is 7.60. The number of hydrogen-bond acceptors (Lipinski definition) is 11. The zero-order valence-corrected chi connectivity index (χ0v) is 18.1. The molecule has 32 heavy (non-hydrogen) atoms. The monoisotopic (exact) mass is 496 g/mol. The van der Waals surface area contributed by atoms with E-state index in [4.69, 9.17) is 20.3 Å². The van der Waals surface area contributed by atoms with Gasteiger partial charge in [0.05, 0.1) is 6.33 Å². The molecule has 15 nitrogen and oxygen atoms in total. The number of imidazole rings is 1. The van der Waals surface area contributed by atoms with Gasteiger partial charge in [-0.05, 0) is 12.8 Å². The van der Waals surface area contributed by atoms with E-state index in [1.807, 2.05) is 11.9 Å². The van der Waals surface area contributed by atoms with Crippen LogP contribution in [0.4, 0.5) is 16.2 Å². The molecule has 0 radical (unpaired) electrons. The molecule has 176 valence electrons. The molecule has 2 aliphatic carbocycles. The van der Waals surface area contributed by atoms with Crippen LogP contribution in [0.25, 0.3) is 11.2 Å². The number of fused-ring (bicyclic) bond motifs is 2. The number of aromatic nitrogens is 4. The third kappa shape index (κ3) is 3.52. The van der Waals surface area contributed by atoms with Crippen LogP contribution in [0, 0.1) is 0 Å². The lowest BCUT2D eigenvalue weighted by Crippen LogP contribution is -2.34. The van der Waals surface area contributed by atoms with Crippen LogP contribution in [0.5, 0.6) is 0 Å². The van der Waals surface area contributed by atoms with Gasteiger partial charge in [0.1, 0.15) is 12.2 Å². The van der Waals surface area contributed by atoms with Crippen molar-refractivity contribution in [3.8, 4) is 0 Å². The molecule has 18 heteroatoms. The van der Waals surface area contributed by atoms with Crippen LogP contribution in [-0.4, -0.2) is 76.4 Å². The summed E-state index contributed by atoms with van der Waals surface area (Å²) >= 11 is 0. The summed E-state index contributed by atoms with van der Waals surface area (Å²) in [5.41, 5.74) is 3.97. The molecule has 0 spiro atoms. The molecule has 6 atom stereocenters. The first-order valence-corrected chi connectivity index (χ1v) is 12.4. The van der Waals surface area contributed by atoms with Crippen LogP contribution in [0.2, 0.25) is 0 Å². The summed E-state index contributed by atoms with van der Waals surface area (Å²) in [5.74, 6) is 0.388. The topological polar surface area (TPSA) is 216 Å². The van der Waals surface area contributed by atoms with Gasteiger partial charge in [0.15, 0.2) is 35.0 Å². The SMILES string of the molecule is CN(c1nc(N)nc2c1ncn2[C@@H]1O[C@@H]2C(OP(=O)(O)OP(=O)(O)O)[C@]2(O)[C@@H]1F)C1CC1. The van der Waals surface area contributed by atoms with Crippen molar-refractivity contribution in [2.75, 3.05) is 17.7 Å². The number of halogens is 1. The van der Waals surface area contributed by atoms with Crippen molar-refractivity contribution >= 4 is 38.6 Å². The summed E-state index contributed by atoms with van der Waals surface area (Å²) < 4.78 is 52.6. The molecule has 0 aromatic carbocycles. The Morgan fingerprint density at radius 2 is 2.03 bits per heavy atom. The Morgan fingerprint density at radius 1 is 1.34 bits per heavy atom. The van der Waals surface area contributed by atoms with Crippen LogP contribution >= 0.6 is 15.6 Å². The Morgan fingerprint density at radius 3 is 2.59 bits per heavy atom. The minimum atomic E-state index is -5.38. The Balaban J connectivity index is 1.39. The molecule has 2 saturated carbocycles. The van der Waals surface area contributed by atoms with E-state index in [1.54, 1.807) is 0 Å². The predicted octanol–water partition coefficient (Wildman–Crippen LogP) is -0.418. The highest BCUT2D eigenvalue weighted by Crippen LogP contribution is 2.65. The average Bonchev–Trinajstić information content (AvgIpc) is 3.52. The molecule has 2 unspecified atom stereocenters. The van der Waals surface area contributed by atoms with Crippen LogP contribution in [0.15, 0.2) is 6.33 Å². The van der Waals surface area contributed by atoms with Crippen molar-refractivity contribution in [1.82, 2.24) is 19.5 Å². The first kappa shape index (κ1) is 22.1. The molecule has 2 aromatic rings. The Bertz CT molecular complexity index is 1190. The fourth-order valence-electron chi connectivity index (χ4n) is 3.90. The summed E-state index contributed by atoms with van der Waals surface area (Å²) in [7, 11) is -8.86. The zero-order valence-electron chi connectivity index (χ0n) is 16.3. The Labute approximate surface area is 178 Å². The number of phosphoric ester groups is 1. The van der Waals surface area contributed by atoms with E-state index >= 15 is 4.39 Å². The summed E-state index contributed by atoms with van der Waals surface area (Å²) in [6.07, 6.45) is -3.49. The van der Waals surface area contributed by atoms with Gasteiger partial charge in [-0.3, -0.25) is 9.09 Å². The third-order valence-electron chi connectivity index (χ3n) is 5.64. The first-order chi connectivity index (χ1) is 14.8. The van der Waals surface area contributed by atoms with Crippen molar-refractivity contribution in [2.24, 2.45) is 0 Å². The van der Waals surface area contributed by atoms with Crippen molar-refractivity contribution in [3.05, 3.63) is 6.33 Å². The number of phosphoric acid groups is 2. The maximum atomic E-state index is 15.2. The summed E-state index contributed by atoms with van der Waals surface area (Å²) in [6, 6.07) is 0.283. The lowest BCUT2D eigenvalue weighted by molar-refractivity contribution is -0.0597. The van der Waals surface area contributed by atoms with Gasteiger partial charge < -0.3 is 35.2 Å². The second-order valence-corrected chi connectivity index (χ2v) is 10.7. The molecule has 5 rings (SSSR count). The standard InChI is InChI=1S/C14H19FN6O9P2/c1-20(5-2-3-5)10-6-11(19-13(16)18-10)21(4-17-6)12-7(15)14(22)8(28-12)9(14)29-32(26,27)30-31(23,24)25/h4-5,7-9,12,22H,2-3H2,1H3,(H,26,27)(H2,16,18,19)(H2,23,24,25)/t7-,8-,9?,12-,14+/m1/s1. The van der Waals surface area contributed by atoms with E-state index in [2.05, 4.69) is 23.8 Å². The molecular weight excluding hydrogens is 477 g/mol. The van der Waals surface area contributed by atoms with E-state index in [1.165, 1.54) is 10.9 Å². The molecule has 3 heterocycles. The summed E-state index contributed by atoms with van der Waals surface area (Å²) in [5, 5.41) is 10.6. The molecule has 0 bridgehead atoms. The van der Waals surface area contributed by atoms with E-state index in [0.717, 1.165) is 12.8 Å². The minimum Gasteiger partial charge on any atom is -0.381 e. The van der Waals surface area contributed by atoms with Crippen LogP contribution < -0.4 is 10.6 Å². The van der Waals surface area contributed by atoms with Crippen LogP contribution in [-0.2, 0) is 22.7 Å². The lowest BCUT2D eigenvalue weighted by Gasteiger charge is -2.23. The number of ether oxygens (including phenoxy) is 1. The molecule has 6 N–H and O–H groups in total. The van der Waals surface area contributed by atoms with Crippen molar-refractivity contribution in [2.45, 2.75) is 49.1 Å². The highest BCUT2D eigenvalue weighted by Gasteiger charge is 2.80. The van der Waals surface area contributed by atoms with Crippen molar-refractivity contribution in [1.29, 1.82) is 0 Å². The van der Waals surface area contributed by atoms with Gasteiger partial charge in [-0.15, -0.1) is 0 Å². The quantitative estimate of drug-likeness (QED) is 0.308. The fourth-order valence-corrected chi connectivity index (χ4v) is 5.70. The normalized spacial score (nSPS) is 33.8. The number of hydrogen-bond donors (Lipinski definition) is 5. The average molecular weight is 496 g/mol. The van der Waals surface area contributed by atoms with Crippen molar-refractivity contribution < 1.29 is 46.9 Å². The number of nitrogen functional groups attached to an aromatic ring is 1. The zero-order chi connectivity index (χ0) is 23.2. The van der Waals surface area contributed by atoms with E-state index < -0.39 is 45.9 Å². The first-order valence-electron chi connectivity index (χ1n) is 9.34. The third-order valence-corrected chi connectivity index (χ3v) is 7.80. The number of alkyl halides is 1. The second-order valence-electron chi connectivity index (χ2n) is 7.87. The Hall–Kier alpha value is -1.74. The molecular formula is C14H19FN6O9P2. The number of anilines is 2. The number of aliphatic hydroxyl groups is 1. The predicted molar refractivity (Wildman–Crippen MR) is 103 cm³/mol. The van der Waals surface area contributed by atoms with Crippen molar-refractivity contribution in [3.63, 3.8) is 0 Å². The van der Waals surface area contributed by atoms with E-state index in [-0.39, 0.29) is 17.6 Å². The summed E-state index contributed by atoms with van der Waals surface area (Å²) in [4.78, 5) is 41.3. The van der Waals surface area contributed by atoms with Gasteiger partial charge in [0.25, 0.3) is 0 Å².